The van der Waals surface area contributed by atoms with Gasteiger partial charge < -0.3 is 9.64 Å². The fourth-order valence-electron chi connectivity index (χ4n) is 2.97. The van der Waals surface area contributed by atoms with Crippen LogP contribution in [0.3, 0.4) is 0 Å². The molecule has 0 atom stereocenters. The van der Waals surface area contributed by atoms with Gasteiger partial charge in [-0.2, -0.15) is 0 Å². The summed E-state index contributed by atoms with van der Waals surface area (Å²) < 4.78 is 32.0. The number of nitrogens with zero attached hydrogens (tertiary/aromatic N) is 1. The Morgan fingerprint density at radius 1 is 1.16 bits per heavy atom. The van der Waals surface area contributed by atoms with Gasteiger partial charge in [0, 0.05) is 19.2 Å². The summed E-state index contributed by atoms with van der Waals surface area (Å²) in [7, 11) is 0. The van der Waals surface area contributed by atoms with E-state index in [0.29, 0.717) is 38.6 Å². The van der Waals surface area contributed by atoms with Crippen molar-refractivity contribution in [2.45, 2.75) is 45.4 Å². The second-order valence-electron chi connectivity index (χ2n) is 6.42. The predicted octanol–water partition coefficient (Wildman–Crippen LogP) is 3.94. The molecule has 6 heteroatoms. The molecule has 1 heterocycles. The first kappa shape index (κ1) is 19.3. The van der Waals surface area contributed by atoms with Gasteiger partial charge >= 0.3 is 5.97 Å². The largest absolute Gasteiger partial charge is 0.465 e. The summed E-state index contributed by atoms with van der Waals surface area (Å²) in [5.41, 5.74) is -0.140. The summed E-state index contributed by atoms with van der Waals surface area (Å²) in [6, 6.07) is 2.93. The number of hydrogen-bond donors (Lipinski definition) is 0. The zero-order valence-electron chi connectivity index (χ0n) is 14.6. The molecule has 138 valence electrons. The Kier molecular flexibility index (Phi) is 7.34. The number of halogens is 2. The lowest BCUT2D eigenvalue weighted by Crippen LogP contribution is -2.41. The van der Waals surface area contributed by atoms with Crippen molar-refractivity contribution >= 4 is 11.9 Å². The van der Waals surface area contributed by atoms with Crippen molar-refractivity contribution in [3.8, 4) is 0 Å². The summed E-state index contributed by atoms with van der Waals surface area (Å²) in [6.45, 7) is 3.30. The molecular formula is C19H25F2NO3. The van der Waals surface area contributed by atoms with Gasteiger partial charge in [0.15, 0.2) is 0 Å². The van der Waals surface area contributed by atoms with Crippen LogP contribution in [0.2, 0.25) is 0 Å². The van der Waals surface area contributed by atoms with E-state index < -0.39 is 17.5 Å². The Balaban J connectivity index is 1.78. The van der Waals surface area contributed by atoms with Gasteiger partial charge in [0.1, 0.15) is 11.6 Å². The monoisotopic (exact) mass is 353 g/mol. The van der Waals surface area contributed by atoms with Crippen LogP contribution in [0.15, 0.2) is 18.2 Å². The van der Waals surface area contributed by atoms with Gasteiger partial charge in [-0.3, -0.25) is 9.59 Å². The molecule has 0 aromatic heterocycles. The van der Waals surface area contributed by atoms with E-state index in [1.54, 1.807) is 0 Å². The Hall–Kier alpha value is -1.98. The highest BCUT2D eigenvalue weighted by atomic mass is 19.1. The topological polar surface area (TPSA) is 46.6 Å². The van der Waals surface area contributed by atoms with Crippen LogP contribution in [0, 0.1) is 17.6 Å². The van der Waals surface area contributed by atoms with Gasteiger partial charge in [-0.25, -0.2) is 8.78 Å². The quantitative estimate of drug-likeness (QED) is 0.551. The van der Waals surface area contributed by atoms with E-state index in [2.05, 4.69) is 6.92 Å². The maximum absolute atomic E-state index is 13.7. The molecule has 1 amide bonds. The van der Waals surface area contributed by atoms with Crippen molar-refractivity contribution in [2.24, 2.45) is 5.92 Å². The predicted molar refractivity (Wildman–Crippen MR) is 90.1 cm³/mol. The summed E-state index contributed by atoms with van der Waals surface area (Å²) >= 11 is 0. The van der Waals surface area contributed by atoms with Gasteiger partial charge in [0.25, 0.3) is 5.91 Å². The van der Waals surface area contributed by atoms with Gasteiger partial charge in [-0.05, 0) is 31.4 Å². The normalized spacial score (nSPS) is 15.2. The highest BCUT2D eigenvalue weighted by Gasteiger charge is 2.29. The van der Waals surface area contributed by atoms with E-state index in [0.717, 1.165) is 37.8 Å². The summed E-state index contributed by atoms with van der Waals surface area (Å²) in [5, 5.41) is 0. The molecule has 1 aliphatic rings. The third-order valence-corrected chi connectivity index (χ3v) is 4.52. The number of rotatable bonds is 7. The lowest BCUT2D eigenvalue weighted by atomic mass is 9.96. The lowest BCUT2D eigenvalue weighted by Gasteiger charge is -2.31. The highest BCUT2D eigenvalue weighted by molar-refractivity contribution is 5.94. The second-order valence-corrected chi connectivity index (χ2v) is 6.42. The van der Waals surface area contributed by atoms with Crippen LogP contribution in [0.4, 0.5) is 8.78 Å². The number of esters is 1. The molecule has 0 radical (unpaired) electrons. The molecule has 0 spiro atoms. The molecule has 0 bridgehead atoms. The van der Waals surface area contributed by atoms with Crippen molar-refractivity contribution in [3.63, 3.8) is 0 Å². The van der Waals surface area contributed by atoms with Gasteiger partial charge in [0.05, 0.1) is 18.1 Å². The first-order chi connectivity index (χ1) is 12.0. The van der Waals surface area contributed by atoms with Crippen LogP contribution in [-0.2, 0) is 9.53 Å². The number of amides is 1. The zero-order chi connectivity index (χ0) is 18.2. The number of ether oxygens (including phenoxy) is 1. The van der Waals surface area contributed by atoms with E-state index in [1.165, 1.54) is 4.90 Å². The average molecular weight is 353 g/mol. The van der Waals surface area contributed by atoms with Crippen LogP contribution in [0.1, 0.15) is 55.8 Å². The fraction of sp³-hybridized carbons (Fsp3) is 0.579. The lowest BCUT2D eigenvalue weighted by molar-refractivity contribution is -0.150. The molecular weight excluding hydrogens is 328 g/mol. The number of likely N-dealkylation sites (tertiary alicyclic amines) is 1. The van der Waals surface area contributed by atoms with Crippen molar-refractivity contribution in [1.29, 1.82) is 0 Å². The summed E-state index contributed by atoms with van der Waals surface area (Å²) in [4.78, 5) is 25.9. The maximum Gasteiger partial charge on any atom is 0.309 e. The first-order valence-corrected chi connectivity index (χ1v) is 8.94. The first-order valence-electron chi connectivity index (χ1n) is 8.94. The summed E-state index contributed by atoms with van der Waals surface area (Å²) in [5.74, 6) is -2.47. The van der Waals surface area contributed by atoms with Crippen LogP contribution in [-0.4, -0.2) is 36.5 Å². The average Bonchev–Trinajstić information content (AvgIpc) is 2.61. The molecule has 0 N–H and O–H groups in total. The standard InChI is InChI=1S/C19H25F2NO3/c1-2-3-4-5-12-25-19(24)14-8-10-22(11-9-14)18(23)16-7-6-15(20)13-17(16)21/h6-7,13-14H,2-5,8-12H2,1H3. The Bertz CT molecular complexity index is 598. The minimum Gasteiger partial charge on any atom is -0.465 e. The third-order valence-electron chi connectivity index (χ3n) is 4.52. The number of carbonyl (C=O) groups excluding carboxylic acids is 2. The Morgan fingerprint density at radius 2 is 1.88 bits per heavy atom. The van der Waals surface area contributed by atoms with Crippen molar-refractivity contribution in [3.05, 3.63) is 35.4 Å². The van der Waals surface area contributed by atoms with E-state index in [1.807, 2.05) is 0 Å². The van der Waals surface area contributed by atoms with E-state index in [4.69, 9.17) is 4.74 Å². The second kappa shape index (κ2) is 9.49. The van der Waals surface area contributed by atoms with Crippen molar-refractivity contribution in [1.82, 2.24) is 4.90 Å². The van der Waals surface area contributed by atoms with Crippen LogP contribution < -0.4 is 0 Å². The maximum atomic E-state index is 13.7. The molecule has 0 saturated carbocycles. The van der Waals surface area contributed by atoms with Crippen LogP contribution in [0.25, 0.3) is 0 Å². The molecule has 0 aliphatic carbocycles. The van der Waals surface area contributed by atoms with E-state index >= 15 is 0 Å². The number of unbranched alkanes of at least 4 members (excludes halogenated alkanes) is 3. The van der Waals surface area contributed by atoms with Crippen LogP contribution >= 0.6 is 0 Å². The van der Waals surface area contributed by atoms with Crippen molar-refractivity contribution < 1.29 is 23.1 Å². The minimum atomic E-state index is -0.862. The Morgan fingerprint density at radius 3 is 2.52 bits per heavy atom. The number of hydrogen-bond acceptors (Lipinski definition) is 3. The van der Waals surface area contributed by atoms with Gasteiger partial charge in [-0.15, -0.1) is 0 Å². The Labute approximate surface area is 147 Å². The third kappa shape index (κ3) is 5.51. The highest BCUT2D eigenvalue weighted by Crippen LogP contribution is 2.21. The number of piperidine rings is 1. The minimum absolute atomic E-state index is 0.140. The SMILES string of the molecule is CCCCCCOC(=O)C1CCN(C(=O)c2ccc(F)cc2F)CC1. The van der Waals surface area contributed by atoms with Gasteiger partial charge in [0.2, 0.25) is 0 Å². The number of benzene rings is 1. The number of carbonyl (C=O) groups is 2. The van der Waals surface area contributed by atoms with Crippen molar-refractivity contribution in [2.75, 3.05) is 19.7 Å². The molecule has 1 fully saturated rings. The zero-order valence-corrected chi connectivity index (χ0v) is 14.6. The molecule has 1 aliphatic heterocycles. The van der Waals surface area contributed by atoms with E-state index in [9.17, 15) is 18.4 Å². The molecule has 1 aromatic carbocycles. The fourth-order valence-corrected chi connectivity index (χ4v) is 2.97. The van der Waals surface area contributed by atoms with Crippen LogP contribution in [0.5, 0.6) is 0 Å². The van der Waals surface area contributed by atoms with E-state index in [-0.39, 0.29) is 17.5 Å². The molecule has 1 aromatic rings. The molecule has 0 unspecified atom stereocenters. The smallest absolute Gasteiger partial charge is 0.309 e. The molecule has 1 saturated heterocycles. The van der Waals surface area contributed by atoms with Gasteiger partial charge in [-0.1, -0.05) is 26.2 Å². The molecule has 2 rings (SSSR count). The molecule has 4 nitrogen and oxygen atoms in total. The summed E-state index contributed by atoms with van der Waals surface area (Å²) in [6.07, 6.45) is 5.21. The molecule has 25 heavy (non-hydrogen) atoms.